The number of aliphatic carboxylic acids is 1. The van der Waals surface area contributed by atoms with Gasteiger partial charge in [-0.1, -0.05) is 0 Å². The van der Waals surface area contributed by atoms with Gasteiger partial charge in [-0.2, -0.15) is 0 Å². The third-order valence-corrected chi connectivity index (χ3v) is 3.36. The third kappa shape index (κ3) is 2.58. The van der Waals surface area contributed by atoms with Gasteiger partial charge in [0.15, 0.2) is 0 Å². The molecular weight excluding hydrogens is 236 g/mol. The number of carboxylic acids is 1. The molecule has 0 spiro atoms. The van der Waals surface area contributed by atoms with Crippen molar-refractivity contribution in [3.63, 3.8) is 0 Å². The van der Waals surface area contributed by atoms with Gasteiger partial charge in [0.25, 0.3) is 0 Å². The standard InChI is InChI=1S/C12H20N2O4/c1-12(2,3)18-11(17)14-7-9(10(15)16)13-5-4-8(14)6-13/h8-9H,4-7H2,1-3H3,(H,15,16). The van der Waals surface area contributed by atoms with Crippen LogP contribution in [0.5, 0.6) is 0 Å². The minimum atomic E-state index is -0.871. The summed E-state index contributed by atoms with van der Waals surface area (Å²) in [7, 11) is 0. The topological polar surface area (TPSA) is 70.1 Å². The number of carbonyl (C=O) groups is 2. The summed E-state index contributed by atoms with van der Waals surface area (Å²) in [5.41, 5.74) is -0.550. The summed E-state index contributed by atoms with van der Waals surface area (Å²) < 4.78 is 5.33. The molecule has 1 amide bonds. The van der Waals surface area contributed by atoms with Crippen LogP contribution in [0.15, 0.2) is 0 Å². The summed E-state index contributed by atoms with van der Waals surface area (Å²) in [6.45, 7) is 7.02. The lowest BCUT2D eigenvalue weighted by Gasteiger charge is -2.38. The lowest BCUT2D eigenvalue weighted by Crippen LogP contribution is -2.57. The van der Waals surface area contributed by atoms with E-state index < -0.39 is 23.7 Å². The molecule has 6 heteroatoms. The second kappa shape index (κ2) is 4.42. The van der Waals surface area contributed by atoms with Crippen molar-refractivity contribution in [1.29, 1.82) is 0 Å². The Morgan fingerprint density at radius 3 is 2.50 bits per heavy atom. The molecule has 2 rings (SSSR count). The second-order valence-electron chi connectivity index (χ2n) is 5.92. The van der Waals surface area contributed by atoms with Gasteiger partial charge in [0.05, 0.1) is 6.54 Å². The fourth-order valence-electron chi connectivity index (χ4n) is 2.53. The summed E-state index contributed by atoms with van der Waals surface area (Å²) in [6.07, 6.45) is 0.420. The Morgan fingerprint density at radius 2 is 1.94 bits per heavy atom. The van der Waals surface area contributed by atoms with Crippen molar-refractivity contribution in [2.45, 2.75) is 44.9 Å². The normalized spacial score (nSPS) is 31.3. The van der Waals surface area contributed by atoms with E-state index in [9.17, 15) is 9.59 Å². The maximum absolute atomic E-state index is 12.1. The van der Waals surface area contributed by atoms with Gasteiger partial charge < -0.3 is 14.7 Å². The SMILES string of the molecule is CC(C)(C)OC(=O)N1CC(C(=O)O)N2CCC1C2. The van der Waals surface area contributed by atoms with E-state index in [0.717, 1.165) is 13.0 Å². The number of carboxylic acid groups (broad SMARTS) is 1. The van der Waals surface area contributed by atoms with E-state index in [1.807, 2.05) is 25.7 Å². The van der Waals surface area contributed by atoms with Crippen LogP contribution in [0.3, 0.4) is 0 Å². The fourth-order valence-corrected chi connectivity index (χ4v) is 2.53. The molecule has 3 atom stereocenters. The summed E-state index contributed by atoms with van der Waals surface area (Å²) in [6, 6.07) is -0.508. The van der Waals surface area contributed by atoms with Crippen LogP contribution in [0.2, 0.25) is 0 Å². The predicted molar refractivity (Wildman–Crippen MR) is 64.3 cm³/mol. The van der Waals surface area contributed by atoms with Gasteiger partial charge >= 0.3 is 12.1 Å². The summed E-state index contributed by atoms with van der Waals surface area (Å²) >= 11 is 0. The van der Waals surface area contributed by atoms with Crippen molar-refractivity contribution in [3.8, 4) is 0 Å². The zero-order valence-electron chi connectivity index (χ0n) is 11.0. The van der Waals surface area contributed by atoms with Gasteiger partial charge in [0.1, 0.15) is 11.6 Å². The molecule has 2 heterocycles. The molecule has 0 aromatic carbocycles. The van der Waals surface area contributed by atoms with Crippen molar-refractivity contribution >= 4 is 12.1 Å². The highest BCUT2D eigenvalue weighted by atomic mass is 16.6. The molecule has 2 fully saturated rings. The summed E-state index contributed by atoms with van der Waals surface area (Å²) in [5, 5.41) is 9.17. The van der Waals surface area contributed by atoms with Crippen LogP contribution < -0.4 is 0 Å². The Balaban J connectivity index is 2.08. The van der Waals surface area contributed by atoms with E-state index in [0.29, 0.717) is 6.54 Å². The summed E-state index contributed by atoms with van der Waals surface area (Å²) in [4.78, 5) is 26.7. The van der Waals surface area contributed by atoms with Crippen LogP contribution in [0.1, 0.15) is 27.2 Å². The highest BCUT2D eigenvalue weighted by molar-refractivity contribution is 5.76. The van der Waals surface area contributed by atoms with Crippen LogP contribution in [-0.2, 0) is 9.53 Å². The van der Waals surface area contributed by atoms with Crippen molar-refractivity contribution in [1.82, 2.24) is 9.80 Å². The van der Waals surface area contributed by atoms with Gasteiger partial charge in [-0.3, -0.25) is 9.69 Å². The van der Waals surface area contributed by atoms with Crippen LogP contribution in [-0.4, -0.2) is 64.3 Å². The number of rotatable bonds is 1. The van der Waals surface area contributed by atoms with Crippen molar-refractivity contribution in [2.75, 3.05) is 19.6 Å². The summed E-state index contributed by atoms with van der Waals surface area (Å²) in [5.74, 6) is -0.871. The Labute approximate surface area is 106 Å². The van der Waals surface area contributed by atoms with E-state index in [2.05, 4.69) is 0 Å². The smallest absolute Gasteiger partial charge is 0.410 e. The molecule has 2 aliphatic heterocycles. The van der Waals surface area contributed by atoms with Crippen molar-refractivity contribution < 1.29 is 19.4 Å². The highest BCUT2D eigenvalue weighted by Gasteiger charge is 2.44. The first-order valence-electron chi connectivity index (χ1n) is 6.24. The molecule has 2 aliphatic rings. The Hall–Kier alpha value is -1.30. The molecule has 2 saturated heterocycles. The monoisotopic (exact) mass is 256 g/mol. The zero-order chi connectivity index (χ0) is 13.5. The lowest BCUT2D eigenvalue weighted by molar-refractivity contribution is -0.144. The molecular formula is C12H20N2O4. The molecule has 0 aromatic rings. The number of hydrogen-bond donors (Lipinski definition) is 1. The lowest BCUT2D eigenvalue weighted by atomic mass is 10.1. The quantitative estimate of drug-likeness (QED) is 0.750. The van der Waals surface area contributed by atoms with Crippen LogP contribution in [0.4, 0.5) is 4.79 Å². The Morgan fingerprint density at radius 1 is 1.28 bits per heavy atom. The van der Waals surface area contributed by atoms with Crippen LogP contribution >= 0.6 is 0 Å². The third-order valence-electron chi connectivity index (χ3n) is 3.36. The molecule has 0 saturated carbocycles. The van der Waals surface area contributed by atoms with Gasteiger partial charge in [0, 0.05) is 19.1 Å². The molecule has 2 bridgehead atoms. The molecule has 0 aromatic heterocycles. The molecule has 3 unspecified atom stereocenters. The van der Waals surface area contributed by atoms with E-state index in [1.54, 1.807) is 4.90 Å². The van der Waals surface area contributed by atoms with E-state index >= 15 is 0 Å². The van der Waals surface area contributed by atoms with Crippen LogP contribution in [0, 0.1) is 0 Å². The first-order chi connectivity index (χ1) is 8.28. The first kappa shape index (κ1) is 13.1. The average Bonchev–Trinajstić information content (AvgIpc) is 2.59. The molecule has 6 nitrogen and oxygen atoms in total. The maximum atomic E-state index is 12.1. The molecule has 18 heavy (non-hydrogen) atoms. The largest absolute Gasteiger partial charge is 0.480 e. The number of hydrogen-bond acceptors (Lipinski definition) is 4. The van der Waals surface area contributed by atoms with Crippen molar-refractivity contribution in [3.05, 3.63) is 0 Å². The Bertz CT molecular complexity index is 364. The first-order valence-corrected chi connectivity index (χ1v) is 6.24. The Kier molecular flexibility index (Phi) is 3.23. The highest BCUT2D eigenvalue weighted by Crippen LogP contribution is 2.26. The predicted octanol–water partition coefficient (Wildman–Crippen LogP) is 0.765. The van der Waals surface area contributed by atoms with Gasteiger partial charge in [-0.25, -0.2) is 4.79 Å². The van der Waals surface area contributed by atoms with E-state index in [4.69, 9.17) is 9.84 Å². The molecule has 1 N–H and O–H groups in total. The number of carbonyl (C=O) groups excluding carboxylic acids is 1. The zero-order valence-corrected chi connectivity index (χ0v) is 11.0. The van der Waals surface area contributed by atoms with Gasteiger partial charge in [-0.05, 0) is 27.2 Å². The number of ether oxygens (including phenoxy) is 1. The fraction of sp³-hybridized carbons (Fsp3) is 0.833. The van der Waals surface area contributed by atoms with Gasteiger partial charge in [0.2, 0.25) is 0 Å². The number of amides is 1. The molecule has 0 radical (unpaired) electrons. The maximum Gasteiger partial charge on any atom is 0.410 e. The minimum absolute atomic E-state index is 0.0930. The molecule has 0 aliphatic carbocycles. The van der Waals surface area contributed by atoms with Gasteiger partial charge in [-0.15, -0.1) is 0 Å². The minimum Gasteiger partial charge on any atom is -0.480 e. The molecule has 102 valence electrons. The van der Waals surface area contributed by atoms with E-state index in [-0.39, 0.29) is 12.6 Å². The van der Waals surface area contributed by atoms with Crippen LogP contribution in [0.25, 0.3) is 0 Å². The van der Waals surface area contributed by atoms with Crippen molar-refractivity contribution in [2.24, 2.45) is 0 Å². The number of nitrogens with zero attached hydrogens (tertiary/aromatic N) is 2. The second-order valence-corrected chi connectivity index (χ2v) is 5.92. The number of piperazine rings is 1. The number of fused-ring (bicyclic) bond motifs is 2. The van der Waals surface area contributed by atoms with E-state index in [1.165, 1.54) is 0 Å². The average molecular weight is 256 g/mol.